The van der Waals surface area contributed by atoms with Crippen LogP contribution in [-0.2, 0) is 4.79 Å². The number of hydrogen-bond donors (Lipinski definition) is 1. The van der Waals surface area contributed by atoms with E-state index in [9.17, 15) is 14.0 Å². The third-order valence-electron chi connectivity index (χ3n) is 1.88. The monoisotopic (exact) mass is 211 g/mol. The maximum absolute atomic E-state index is 12.9. The van der Waals surface area contributed by atoms with Gasteiger partial charge in [-0.15, -0.1) is 0 Å². The van der Waals surface area contributed by atoms with E-state index in [1.807, 2.05) is 0 Å². The third kappa shape index (κ3) is 2.31. The van der Waals surface area contributed by atoms with Crippen molar-refractivity contribution >= 4 is 17.4 Å². The van der Waals surface area contributed by atoms with Crippen LogP contribution in [0.1, 0.15) is 10.4 Å². The fourth-order valence-electron chi connectivity index (χ4n) is 1.18. The van der Waals surface area contributed by atoms with E-state index in [-0.39, 0.29) is 11.3 Å². The summed E-state index contributed by atoms with van der Waals surface area (Å²) in [5.74, 6) is -3.11. The fourth-order valence-corrected chi connectivity index (χ4v) is 1.18. The Morgan fingerprint density at radius 1 is 1.33 bits per heavy atom. The number of Topliss-reactive ketones (excluding diaryl/α,β-unsaturated/α-hetero) is 1. The number of aliphatic carboxylic acids is 1. The molecule has 80 valence electrons. The molecule has 0 aromatic heterocycles. The van der Waals surface area contributed by atoms with Crippen molar-refractivity contribution < 1.29 is 19.1 Å². The van der Waals surface area contributed by atoms with Gasteiger partial charge in [-0.25, -0.2) is 9.18 Å². The molecule has 1 aromatic carbocycles. The second kappa shape index (κ2) is 4.08. The number of carboxylic acid groups (broad SMARTS) is 1. The van der Waals surface area contributed by atoms with Crippen LogP contribution in [-0.4, -0.2) is 31.0 Å². The summed E-state index contributed by atoms with van der Waals surface area (Å²) in [6.07, 6.45) is 0. The lowest BCUT2D eigenvalue weighted by Crippen LogP contribution is -2.19. The van der Waals surface area contributed by atoms with Gasteiger partial charge in [-0.05, 0) is 18.2 Å². The van der Waals surface area contributed by atoms with Crippen molar-refractivity contribution in [1.82, 2.24) is 0 Å². The quantitative estimate of drug-likeness (QED) is 0.602. The highest BCUT2D eigenvalue weighted by Gasteiger charge is 2.19. The SMILES string of the molecule is CN(C)c1cc(F)ccc1C(=O)C(=O)O. The first-order chi connectivity index (χ1) is 6.93. The summed E-state index contributed by atoms with van der Waals surface area (Å²) in [7, 11) is 3.21. The number of carbonyl (C=O) groups excluding carboxylic acids is 1. The standard InChI is InChI=1S/C10H10FNO3/c1-12(2)8-5-6(11)3-4-7(8)9(13)10(14)15/h3-5H,1-2H3,(H,14,15). The molecule has 0 atom stereocenters. The van der Waals surface area contributed by atoms with Gasteiger partial charge >= 0.3 is 5.97 Å². The Bertz CT molecular complexity index is 415. The van der Waals surface area contributed by atoms with E-state index >= 15 is 0 Å². The second-order valence-electron chi connectivity index (χ2n) is 3.19. The minimum Gasteiger partial charge on any atom is -0.475 e. The Balaban J connectivity index is 3.29. The van der Waals surface area contributed by atoms with Crippen molar-refractivity contribution in [2.75, 3.05) is 19.0 Å². The van der Waals surface area contributed by atoms with Gasteiger partial charge in [-0.2, -0.15) is 0 Å². The summed E-state index contributed by atoms with van der Waals surface area (Å²) in [6, 6.07) is 3.35. The molecule has 0 spiro atoms. The minimum absolute atomic E-state index is 0.0195. The first-order valence-electron chi connectivity index (χ1n) is 4.18. The molecule has 1 aromatic rings. The zero-order valence-electron chi connectivity index (χ0n) is 8.32. The normalized spacial score (nSPS) is 9.80. The van der Waals surface area contributed by atoms with Crippen LogP contribution in [0, 0.1) is 5.82 Å². The van der Waals surface area contributed by atoms with E-state index < -0.39 is 17.6 Å². The third-order valence-corrected chi connectivity index (χ3v) is 1.88. The zero-order chi connectivity index (χ0) is 11.6. The fraction of sp³-hybridized carbons (Fsp3) is 0.200. The number of halogens is 1. The molecule has 1 rings (SSSR count). The van der Waals surface area contributed by atoms with Gasteiger partial charge in [0.25, 0.3) is 5.78 Å². The van der Waals surface area contributed by atoms with Crippen molar-refractivity contribution in [3.63, 3.8) is 0 Å². The summed E-state index contributed by atoms with van der Waals surface area (Å²) in [5, 5.41) is 8.55. The van der Waals surface area contributed by atoms with Crippen LogP contribution in [0.25, 0.3) is 0 Å². The minimum atomic E-state index is -1.55. The number of benzene rings is 1. The molecule has 4 nitrogen and oxygen atoms in total. The van der Waals surface area contributed by atoms with Gasteiger partial charge < -0.3 is 10.0 Å². The highest BCUT2D eigenvalue weighted by atomic mass is 19.1. The smallest absolute Gasteiger partial charge is 0.377 e. The predicted molar refractivity (Wildman–Crippen MR) is 52.7 cm³/mol. The number of ketones is 1. The van der Waals surface area contributed by atoms with Crippen molar-refractivity contribution in [1.29, 1.82) is 0 Å². The molecule has 0 heterocycles. The van der Waals surface area contributed by atoms with Crippen molar-refractivity contribution in [3.8, 4) is 0 Å². The Morgan fingerprint density at radius 2 is 1.93 bits per heavy atom. The number of carbonyl (C=O) groups is 2. The second-order valence-corrected chi connectivity index (χ2v) is 3.19. The molecular formula is C10H10FNO3. The maximum Gasteiger partial charge on any atom is 0.377 e. The highest BCUT2D eigenvalue weighted by molar-refractivity contribution is 6.41. The van der Waals surface area contributed by atoms with Crippen LogP contribution in [0.15, 0.2) is 18.2 Å². The van der Waals surface area contributed by atoms with E-state index in [0.29, 0.717) is 0 Å². The summed E-state index contributed by atoms with van der Waals surface area (Å²) in [5.41, 5.74) is 0.233. The largest absolute Gasteiger partial charge is 0.475 e. The van der Waals surface area contributed by atoms with Crippen LogP contribution in [0.3, 0.4) is 0 Å². The number of carboxylic acids is 1. The molecule has 1 N–H and O–H groups in total. The first kappa shape index (κ1) is 11.2. The molecule has 5 heteroatoms. The molecule has 0 aliphatic rings. The Kier molecular flexibility index (Phi) is 3.04. The van der Waals surface area contributed by atoms with Crippen LogP contribution < -0.4 is 4.90 Å². The topological polar surface area (TPSA) is 57.6 Å². The van der Waals surface area contributed by atoms with Gasteiger partial charge in [0, 0.05) is 14.1 Å². The highest BCUT2D eigenvalue weighted by Crippen LogP contribution is 2.20. The molecule has 0 aliphatic carbocycles. The average molecular weight is 211 g/mol. The van der Waals surface area contributed by atoms with E-state index in [4.69, 9.17) is 5.11 Å². The molecular weight excluding hydrogens is 201 g/mol. The predicted octanol–water partition coefficient (Wildman–Crippen LogP) is 1.16. The van der Waals surface area contributed by atoms with Gasteiger partial charge in [-0.3, -0.25) is 4.79 Å². The molecule has 0 unspecified atom stereocenters. The molecule has 0 aliphatic heterocycles. The molecule has 0 bridgehead atoms. The molecule has 0 radical (unpaired) electrons. The van der Waals surface area contributed by atoms with Crippen LogP contribution in [0.4, 0.5) is 10.1 Å². The lowest BCUT2D eigenvalue weighted by atomic mass is 10.1. The van der Waals surface area contributed by atoms with Gasteiger partial charge in [-0.1, -0.05) is 0 Å². The number of hydrogen-bond acceptors (Lipinski definition) is 3. The molecule has 0 amide bonds. The summed E-state index contributed by atoms with van der Waals surface area (Å²) < 4.78 is 12.9. The number of anilines is 1. The Labute approximate surface area is 85.9 Å². The van der Waals surface area contributed by atoms with Crippen LogP contribution in [0.5, 0.6) is 0 Å². The van der Waals surface area contributed by atoms with Crippen molar-refractivity contribution in [3.05, 3.63) is 29.6 Å². The van der Waals surface area contributed by atoms with E-state index in [1.54, 1.807) is 14.1 Å². The van der Waals surface area contributed by atoms with Gasteiger partial charge in [0.2, 0.25) is 0 Å². The molecule has 0 saturated heterocycles. The van der Waals surface area contributed by atoms with E-state index in [0.717, 1.165) is 12.1 Å². The summed E-state index contributed by atoms with van der Waals surface area (Å²) >= 11 is 0. The van der Waals surface area contributed by atoms with Crippen molar-refractivity contribution in [2.45, 2.75) is 0 Å². The average Bonchev–Trinajstić information content (AvgIpc) is 2.16. The molecule has 0 saturated carbocycles. The van der Waals surface area contributed by atoms with Crippen LogP contribution >= 0.6 is 0 Å². The number of nitrogens with zero attached hydrogens (tertiary/aromatic N) is 1. The molecule has 15 heavy (non-hydrogen) atoms. The Morgan fingerprint density at radius 3 is 2.40 bits per heavy atom. The van der Waals surface area contributed by atoms with E-state index in [2.05, 4.69) is 0 Å². The lowest BCUT2D eigenvalue weighted by molar-refractivity contribution is -0.131. The lowest BCUT2D eigenvalue weighted by Gasteiger charge is -2.15. The molecule has 0 fully saturated rings. The van der Waals surface area contributed by atoms with Gasteiger partial charge in [0.1, 0.15) is 5.82 Å². The van der Waals surface area contributed by atoms with Gasteiger partial charge in [0.15, 0.2) is 0 Å². The first-order valence-corrected chi connectivity index (χ1v) is 4.18. The van der Waals surface area contributed by atoms with E-state index in [1.165, 1.54) is 11.0 Å². The summed E-state index contributed by atoms with van der Waals surface area (Å²) in [6.45, 7) is 0. The van der Waals surface area contributed by atoms with Crippen molar-refractivity contribution in [2.24, 2.45) is 0 Å². The zero-order valence-corrected chi connectivity index (χ0v) is 8.32. The maximum atomic E-state index is 12.9. The summed E-state index contributed by atoms with van der Waals surface area (Å²) in [4.78, 5) is 23.2. The Hall–Kier alpha value is -1.91. The number of rotatable bonds is 3. The van der Waals surface area contributed by atoms with Crippen LogP contribution in [0.2, 0.25) is 0 Å². The van der Waals surface area contributed by atoms with Gasteiger partial charge in [0.05, 0.1) is 11.3 Å².